The molecular formula is C30H25ClN3P. The van der Waals surface area contributed by atoms with Crippen LogP contribution in [-0.4, -0.2) is 14.6 Å². The van der Waals surface area contributed by atoms with Gasteiger partial charge in [-0.1, -0.05) is 0 Å². The van der Waals surface area contributed by atoms with Gasteiger partial charge in [0.05, 0.1) is 0 Å². The standard InChI is InChI=1S/C30H25ClN3P/c1-23-21-29-27-19-11-12-20-28(27)32-30(34(29)33-23)22-35(31,24-13-5-2-6-14-24,25-15-7-3-8-16-25)26-17-9-4-10-18-26/h2-21H,22H2,1H3. The third-order valence-corrected chi connectivity index (χ3v) is 13.9. The molecule has 0 fully saturated rings. The zero-order valence-corrected chi connectivity index (χ0v) is 21.1. The van der Waals surface area contributed by atoms with Crippen molar-refractivity contribution in [1.29, 1.82) is 0 Å². The molecule has 0 aliphatic rings. The van der Waals surface area contributed by atoms with E-state index in [1.807, 2.05) is 41.8 Å². The summed E-state index contributed by atoms with van der Waals surface area (Å²) in [5, 5.41) is 9.31. The van der Waals surface area contributed by atoms with Crippen LogP contribution in [0.15, 0.2) is 121 Å². The molecular weight excluding hydrogens is 469 g/mol. The van der Waals surface area contributed by atoms with Crippen LogP contribution in [0.25, 0.3) is 16.4 Å². The monoisotopic (exact) mass is 493 g/mol. The van der Waals surface area contributed by atoms with E-state index in [1.54, 1.807) is 0 Å². The van der Waals surface area contributed by atoms with Crippen molar-refractivity contribution in [3.8, 4) is 0 Å². The molecule has 0 saturated carbocycles. The zero-order chi connectivity index (χ0) is 23.9. The number of hydrogen-bond acceptors (Lipinski definition) is 2. The first-order valence-corrected chi connectivity index (χ1v) is 15.0. The molecule has 172 valence electrons. The van der Waals surface area contributed by atoms with E-state index < -0.39 is 5.96 Å². The van der Waals surface area contributed by atoms with E-state index in [0.717, 1.165) is 43.9 Å². The van der Waals surface area contributed by atoms with Crippen molar-refractivity contribution < 1.29 is 0 Å². The molecule has 0 N–H and O–H groups in total. The van der Waals surface area contributed by atoms with Crippen LogP contribution >= 0.6 is 17.2 Å². The van der Waals surface area contributed by atoms with Gasteiger partial charge in [-0.2, -0.15) is 0 Å². The van der Waals surface area contributed by atoms with Crippen LogP contribution in [0.5, 0.6) is 0 Å². The van der Waals surface area contributed by atoms with Gasteiger partial charge in [-0.15, -0.1) is 0 Å². The molecule has 35 heavy (non-hydrogen) atoms. The second kappa shape index (κ2) is 8.30. The zero-order valence-electron chi connectivity index (χ0n) is 19.4. The number of nitrogens with zero attached hydrogens (tertiary/aromatic N) is 3. The van der Waals surface area contributed by atoms with E-state index in [9.17, 15) is 0 Å². The van der Waals surface area contributed by atoms with Gasteiger partial charge in [0.1, 0.15) is 0 Å². The Morgan fingerprint density at radius 1 is 0.686 bits per heavy atom. The van der Waals surface area contributed by atoms with Crippen LogP contribution in [0.1, 0.15) is 11.5 Å². The fourth-order valence-corrected chi connectivity index (χ4v) is 11.1. The van der Waals surface area contributed by atoms with Gasteiger partial charge in [0.2, 0.25) is 0 Å². The van der Waals surface area contributed by atoms with Crippen LogP contribution < -0.4 is 15.9 Å². The molecule has 0 spiro atoms. The predicted octanol–water partition coefficient (Wildman–Crippen LogP) is 6.37. The van der Waals surface area contributed by atoms with Crippen LogP contribution in [-0.2, 0) is 6.16 Å². The topological polar surface area (TPSA) is 30.2 Å². The summed E-state index contributed by atoms with van der Waals surface area (Å²) < 4.78 is 2.00. The molecule has 0 radical (unpaired) electrons. The van der Waals surface area contributed by atoms with Crippen LogP contribution in [0.3, 0.4) is 0 Å². The fourth-order valence-electron chi connectivity index (χ4n) is 5.17. The normalized spacial score (nSPS) is 13.0. The molecule has 0 atom stereocenters. The third kappa shape index (κ3) is 3.38. The first-order chi connectivity index (χ1) is 17.1. The molecule has 4 aromatic carbocycles. The minimum absolute atomic E-state index is 0.535. The molecule has 0 amide bonds. The second-order valence-corrected chi connectivity index (χ2v) is 15.4. The number of halogens is 1. The number of hydrogen-bond donors (Lipinski definition) is 0. The number of rotatable bonds is 5. The van der Waals surface area contributed by atoms with Gasteiger partial charge in [0.15, 0.2) is 0 Å². The molecule has 5 heteroatoms. The van der Waals surface area contributed by atoms with Gasteiger partial charge in [-0.25, -0.2) is 0 Å². The van der Waals surface area contributed by atoms with Crippen LogP contribution in [0, 0.1) is 6.92 Å². The summed E-state index contributed by atoms with van der Waals surface area (Å²) in [4.78, 5) is 5.17. The number of fused-ring (bicyclic) bond motifs is 3. The molecule has 0 aliphatic carbocycles. The molecule has 2 aromatic heterocycles. The molecule has 6 rings (SSSR count). The first-order valence-electron chi connectivity index (χ1n) is 11.7. The van der Waals surface area contributed by atoms with E-state index in [1.165, 1.54) is 0 Å². The van der Waals surface area contributed by atoms with Gasteiger partial charge in [0.25, 0.3) is 0 Å². The van der Waals surface area contributed by atoms with Crippen LogP contribution in [0.2, 0.25) is 0 Å². The van der Waals surface area contributed by atoms with E-state index in [4.69, 9.17) is 21.3 Å². The summed E-state index contributed by atoms with van der Waals surface area (Å²) in [5.74, 6) is -2.68. The molecule has 0 unspecified atom stereocenters. The molecule has 3 nitrogen and oxygen atoms in total. The molecule has 2 heterocycles. The van der Waals surface area contributed by atoms with Crippen molar-refractivity contribution in [2.45, 2.75) is 13.1 Å². The minimum atomic E-state index is -3.54. The predicted molar refractivity (Wildman–Crippen MR) is 150 cm³/mol. The summed E-state index contributed by atoms with van der Waals surface area (Å²) in [6, 6.07) is 41.9. The molecule has 0 bridgehead atoms. The van der Waals surface area contributed by atoms with Crippen molar-refractivity contribution in [3.63, 3.8) is 0 Å². The van der Waals surface area contributed by atoms with Gasteiger partial charge in [0, 0.05) is 0 Å². The Morgan fingerprint density at radius 3 is 1.71 bits per heavy atom. The van der Waals surface area contributed by atoms with Crippen molar-refractivity contribution >= 4 is 49.5 Å². The average Bonchev–Trinajstić information content (AvgIpc) is 3.32. The van der Waals surface area contributed by atoms with Gasteiger partial charge in [-0.05, 0) is 0 Å². The van der Waals surface area contributed by atoms with E-state index in [0.29, 0.717) is 6.16 Å². The number of para-hydroxylation sites is 1. The quantitative estimate of drug-likeness (QED) is 0.261. The van der Waals surface area contributed by atoms with Gasteiger partial charge < -0.3 is 0 Å². The summed E-state index contributed by atoms with van der Waals surface area (Å²) >= 11 is 8.32. The van der Waals surface area contributed by atoms with E-state index in [2.05, 4.69) is 91.0 Å². The number of benzene rings is 4. The Hall–Kier alpha value is -3.52. The van der Waals surface area contributed by atoms with Crippen molar-refractivity contribution in [3.05, 3.63) is 133 Å². The number of aromatic nitrogens is 3. The molecule has 0 aliphatic heterocycles. The fraction of sp³-hybridized carbons (Fsp3) is 0.0667. The Labute approximate surface area is 209 Å². The Kier molecular flexibility index (Phi) is 5.21. The van der Waals surface area contributed by atoms with Gasteiger partial charge >= 0.3 is 210 Å². The van der Waals surface area contributed by atoms with E-state index >= 15 is 0 Å². The maximum atomic E-state index is 8.32. The Balaban J connectivity index is 1.74. The van der Waals surface area contributed by atoms with E-state index in [-0.39, 0.29) is 0 Å². The van der Waals surface area contributed by atoms with Crippen molar-refractivity contribution in [2.75, 3.05) is 0 Å². The van der Waals surface area contributed by atoms with Crippen molar-refractivity contribution in [1.82, 2.24) is 14.6 Å². The summed E-state index contributed by atoms with van der Waals surface area (Å²) in [6.45, 7) is 2.03. The maximum absolute atomic E-state index is 8.32. The van der Waals surface area contributed by atoms with Gasteiger partial charge in [-0.3, -0.25) is 0 Å². The second-order valence-electron chi connectivity index (χ2n) is 8.98. The average molecular weight is 494 g/mol. The van der Waals surface area contributed by atoms with Crippen LogP contribution in [0.4, 0.5) is 0 Å². The summed E-state index contributed by atoms with van der Waals surface area (Å²) in [7, 11) is 0. The molecule has 0 saturated heterocycles. The third-order valence-electron chi connectivity index (χ3n) is 6.83. The Bertz CT molecular complexity index is 1550. The Morgan fingerprint density at radius 2 is 1.17 bits per heavy atom. The SMILES string of the molecule is Cc1cc2c3ccccc3nc(CP(Cl)(c3ccccc3)(c3ccccc3)c3ccccc3)n2n1. The first kappa shape index (κ1) is 22.0. The summed E-state index contributed by atoms with van der Waals surface area (Å²) in [6.07, 6.45) is 0.535. The molecule has 6 aromatic rings. The van der Waals surface area contributed by atoms with Crippen molar-refractivity contribution in [2.24, 2.45) is 0 Å². The summed E-state index contributed by atoms with van der Waals surface area (Å²) in [5.41, 5.74) is 2.96. The number of aryl methyl sites for hydroxylation is 1.